The van der Waals surface area contributed by atoms with Gasteiger partial charge in [0.25, 0.3) is 0 Å². The molecule has 4 heteroatoms. The second-order valence-corrected chi connectivity index (χ2v) is 4.17. The van der Waals surface area contributed by atoms with Crippen molar-refractivity contribution >= 4 is 11.5 Å². The molecule has 3 rings (SSSR count). The molecule has 0 spiro atoms. The summed E-state index contributed by atoms with van der Waals surface area (Å²) in [6.45, 7) is 0. The number of aromatic nitrogens is 2. The normalized spacial score (nSPS) is 15.0. The van der Waals surface area contributed by atoms with Crippen molar-refractivity contribution in [3.8, 4) is 0 Å². The summed E-state index contributed by atoms with van der Waals surface area (Å²) in [4.78, 5) is 11.0. The Morgan fingerprint density at radius 1 is 1.31 bits per heavy atom. The molecular formula is C12H12N2O2. The molecule has 1 aliphatic carbocycles. The molecular weight excluding hydrogens is 204 g/mol. The SMILES string of the molecule is O=C(O)c1cnn2c3c(ccc12)CCCC3. The molecule has 2 aromatic heterocycles. The van der Waals surface area contributed by atoms with Crippen LogP contribution in [0.3, 0.4) is 0 Å². The minimum atomic E-state index is -0.911. The van der Waals surface area contributed by atoms with Crippen LogP contribution in [0.5, 0.6) is 0 Å². The monoisotopic (exact) mass is 216 g/mol. The first-order chi connectivity index (χ1) is 7.77. The van der Waals surface area contributed by atoms with Crippen LogP contribution >= 0.6 is 0 Å². The molecule has 0 aliphatic heterocycles. The highest BCUT2D eigenvalue weighted by atomic mass is 16.4. The minimum absolute atomic E-state index is 0.286. The number of hydrogen-bond donors (Lipinski definition) is 1. The topological polar surface area (TPSA) is 54.6 Å². The number of hydrogen-bond acceptors (Lipinski definition) is 2. The van der Waals surface area contributed by atoms with Crippen LogP contribution in [0, 0.1) is 0 Å². The van der Waals surface area contributed by atoms with E-state index in [1.54, 1.807) is 4.52 Å². The standard InChI is InChI=1S/C12H12N2O2/c15-12(16)9-7-13-14-10-4-2-1-3-8(10)5-6-11(9)14/h5-7H,1-4H2,(H,15,16). The van der Waals surface area contributed by atoms with Crippen molar-refractivity contribution in [3.05, 3.63) is 35.2 Å². The summed E-state index contributed by atoms with van der Waals surface area (Å²) in [6, 6.07) is 3.90. The number of aromatic carboxylic acids is 1. The van der Waals surface area contributed by atoms with E-state index in [2.05, 4.69) is 5.10 Å². The van der Waals surface area contributed by atoms with Crippen LogP contribution in [-0.4, -0.2) is 20.7 Å². The summed E-state index contributed by atoms with van der Waals surface area (Å²) in [5, 5.41) is 13.2. The van der Waals surface area contributed by atoms with Gasteiger partial charge in [0.15, 0.2) is 0 Å². The molecule has 0 amide bonds. The van der Waals surface area contributed by atoms with Crippen LogP contribution in [-0.2, 0) is 12.8 Å². The van der Waals surface area contributed by atoms with E-state index in [9.17, 15) is 4.79 Å². The van der Waals surface area contributed by atoms with Crippen LogP contribution in [0.15, 0.2) is 18.3 Å². The van der Waals surface area contributed by atoms with Crippen molar-refractivity contribution in [1.29, 1.82) is 0 Å². The molecule has 82 valence electrons. The van der Waals surface area contributed by atoms with E-state index in [0.717, 1.165) is 19.3 Å². The zero-order valence-electron chi connectivity index (χ0n) is 8.81. The van der Waals surface area contributed by atoms with E-state index in [0.29, 0.717) is 5.52 Å². The number of pyridine rings is 1. The molecule has 16 heavy (non-hydrogen) atoms. The van der Waals surface area contributed by atoms with Crippen LogP contribution in [0.1, 0.15) is 34.5 Å². The summed E-state index contributed by atoms with van der Waals surface area (Å²) in [7, 11) is 0. The number of carboxylic acids is 1. The van der Waals surface area contributed by atoms with Crippen LogP contribution in [0.4, 0.5) is 0 Å². The number of nitrogens with zero attached hydrogens (tertiary/aromatic N) is 2. The zero-order chi connectivity index (χ0) is 11.1. The smallest absolute Gasteiger partial charge is 0.339 e. The van der Waals surface area contributed by atoms with E-state index in [4.69, 9.17) is 5.11 Å². The Morgan fingerprint density at radius 3 is 2.94 bits per heavy atom. The van der Waals surface area contributed by atoms with Crippen molar-refractivity contribution in [1.82, 2.24) is 9.61 Å². The first kappa shape index (κ1) is 9.39. The predicted octanol–water partition coefficient (Wildman–Crippen LogP) is 1.91. The zero-order valence-corrected chi connectivity index (χ0v) is 8.81. The highest BCUT2D eigenvalue weighted by Crippen LogP contribution is 2.23. The van der Waals surface area contributed by atoms with Crippen LogP contribution in [0.25, 0.3) is 5.52 Å². The van der Waals surface area contributed by atoms with Crippen molar-refractivity contribution in [2.45, 2.75) is 25.7 Å². The Balaban J connectivity index is 2.29. The lowest BCUT2D eigenvalue weighted by Gasteiger charge is -2.16. The Morgan fingerprint density at radius 2 is 2.12 bits per heavy atom. The molecule has 0 atom stereocenters. The van der Waals surface area contributed by atoms with E-state index in [1.807, 2.05) is 12.1 Å². The molecule has 1 aliphatic rings. The Bertz CT molecular complexity index is 572. The third kappa shape index (κ3) is 1.23. The van der Waals surface area contributed by atoms with Gasteiger partial charge in [0.2, 0.25) is 0 Å². The van der Waals surface area contributed by atoms with E-state index in [-0.39, 0.29) is 5.56 Å². The summed E-state index contributed by atoms with van der Waals surface area (Å²) in [6.07, 6.45) is 5.88. The number of rotatable bonds is 1. The Labute approximate surface area is 92.5 Å². The van der Waals surface area contributed by atoms with E-state index < -0.39 is 5.97 Å². The van der Waals surface area contributed by atoms with Gasteiger partial charge in [0.05, 0.1) is 11.7 Å². The van der Waals surface area contributed by atoms with Crippen molar-refractivity contribution in [2.24, 2.45) is 0 Å². The molecule has 1 N–H and O–H groups in total. The summed E-state index contributed by atoms with van der Waals surface area (Å²) < 4.78 is 1.79. The maximum atomic E-state index is 11.0. The lowest BCUT2D eigenvalue weighted by atomic mass is 9.96. The summed E-state index contributed by atoms with van der Waals surface area (Å²) in [5.41, 5.74) is 3.47. The molecule has 0 radical (unpaired) electrons. The lowest BCUT2D eigenvalue weighted by Crippen LogP contribution is -2.09. The predicted molar refractivity (Wildman–Crippen MR) is 58.8 cm³/mol. The van der Waals surface area contributed by atoms with Gasteiger partial charge in [-0.1, -0.05) is 6.07 Å². The molecule has 2 aromatic rings. The molecule has 0 aromatic carbocycles. The Hall–Kier alpha value is -1.84. The summed E-state index contributed by atoms with van der Waals surface area (Å²) in [5.74, 6) is -0.911. The molecule has 0 unspecified atom stereocenters. The maximum Gasteiger partial charge on any atom is 0.339 e. The highest BCUT2D eigenvalue weighted by molar-refractivity contribution is 5.95. The van der Waals surface area contributed by atoms with Gasteiger partial charge in [0, 0.05) is 5.69 Å². The highest BCUT2D eigenvalue weighted by Gasteiger charge is 2.17. The van der Waals surface area contributed by atoms with Crippen molar-refractivity contribution < 1.29 is 9.90 Å². The largest absolute Gasteiger partial charge is 0.478 e. The lowest BCUT2D eigenvalue weighted by molar-refractivity contribution is 0.0699. The van der Waals surface area contributed by atoms with Gasteiger partial charge in [-0.05, 0) is 37.3 Å². The quantitative estimate of drug-likeness (QED) is 0.792. The fourth-order valence-electron chi connectivity index (χ4n) is 2.41. The molecule has 0 saturated carbocycles. The van der Waals surface area contributed by atoms with Gasteiger partial charge in [0.1, 0.15) is 5.56 Å². The van der Waals surface area contributed by atoms with Crippen LogP contribution in [0.2, 0.25) is 0 Å². The van der Waals surface area contributed by atoms with Gasteiger partial charge in [-0.3, -0.25) is 0 Å². The summed E-state index contributed by atoms with van der Waals surface area (Å²) >= 11 is 0. The minimum Gasteiger partial charge on any atom is -0.478 e. The number of carboxylic acid groups (broad SMARTS) is 1. The fourth-order valence-corrected chi connectivity index (χ4v) is 2.41. The van der Waals surface area contributed by atoms with Gasteiger partial charge >= 0.3 is 5.97 Å². The molecule has 0 bridgehead atoms. The Kier molecular flexibility index (Phi) is 1.96. The maximum absolute atomic E-state index is 11.0. The average molecular weight is 216 g/mol. The second-order valence-electron chi connectivity index (χ2n) is 4.17. The van der Waals surface area contributed by atoms with Gasteiger partial charge < -0.3 is 5.11 Å². The first-order valence-corrected chi connectivity index (χ1v) is 5.49. The molecule has 0 saturated heterocycles. The number of fused-ring (bicyclic) bond motifs is 3. The van der Waals surface area contributed by atoms with Gasteiger partial charge in [-0.2, -0.15) is 5.10 Å². The van der Waals surface area contributed by atoms with Crippen molar-refractivity contribution in [3.63, 3.8) is 0 Å². The molecule has 2 heterocycles. The van der Waals surface area contributed by atoms with E-state index >= 15 is 0 Å². The number of carbonyl (C=O) groups is 1. The fraction of sp³-hybridized carbons (Fsp3) is 0.333. The first-order valence-electron chi connectivity index (χ1n) is 5.49. The van der Waals surface area contributed by atoms with Gasteiger partial charge in [-0.25, -0.2) is 9.31 Å². The van der Waals surface area contributed by atoms with Crippen LogP contribution < -0.4 is 0 Å². The third-order valence-electron chi connectivity index (χ3n) is 3.22. The van der Waals surface area contributed by atoms with E-state index in [1.165, 1.54) is 23.9 Å². The van der Waals surface area contributed by atoms with Crippen molar-refractivity contribution in [2.75, 3.05) is 0 Å². The third-order valence-corrected chi connectivity index (χ3v) is 3.22. The average Bonchev–Trinajstić information content (AvgIpc) is 2.73. The number of aryl methyl sites for hydroxylation is 2. The van der Waals surface area contributed by atoms with Gasteiger partial charge in [-0.15, -0.1) is 0 Å². The second kappa shape index (κ2) is 3.33. The molecule has 4 nitrogen and oxygen atoms in total. The molecule has 0 fully saturated rings.